The third-order valence-corrected chi connectivity index (χ3v) is 2.74. The monoisotopic (exact) mass is 250 g/mol. The number of nitrogens with zero attached hydrogens (tertiary/aromatic N) is 1. The molecule has 0 bridgehead atoms. The molecular weight excluding hydrogens is 232 g/mol. The average Bonchev–Trinajstić information content (AvgIpc) is 2.17. The number of hydrogen-bond acceptors (Lipinski definition) is 3. The fourth-order valence-electron chi connectivity index (χ4n) is 1.86. The SMILES string of the molecule is CC(=O)Nc1c(C(C)(C)C)ccc([N+](=O)[O-])c1C. The van der Waals surface area contributed by atoms with Crippen molar-refractivity contribution < 1.29 is 9.72 Å². The summed E-state index contributed by atoms with van der Waals surface area (Å²) in [5.74, 6) is -0.232. The standard InChI is InChI=1S/C13H18N2O3/c1-8-11(15(17)18)7-6-10(13(3,4)5)12(8)14-9(2)16/h6-7H,1-5H3,(H,14,16). The highest BCUT2D eigenvalue weighted by Crippen LogP contribution is 2.36. The zero-order chi connectivity index (χ0) is 14.1. The van der Waals surface area contributed by atoms with E-state index in [-0.39, 0.29) is 17.0 Å². The van der Waals surface area contributed by atoms with E-state index in [1.54, 1.807) is 13.0 Å². The highest BCUT2D eigenvalue weighted by Gasteiger charge is 2.24. The number of benzene rings is 1. The molecular formula is C13H18N2O3. The topological polar surface area (TPSA) is 72.2 Å². The minimum atomic E-state index is -0.437. The average molecular weight is 250 g/mol. The highest BCUT2D eigenvalue weighted by molar-refractivity contribution is 5.91. The number of nitro groups is 1. The molecule has 0 aromatic heterocycles. The quantitative estimate of drug-likeness (QED) is 0.647. The molecule has 1 amide bonds. The fourth-order valence-corrected chi connectivity index (χ4v) is 1.86. The maximum Gasteiger partial charge on any atom is 0.274 e. The lowest BCUT2D eigenvalue weighted by Crippen LogP contribution is -2.18. The summed E-state index contributed by atoms with van der Waals surface area (Å²) in [6.07, 6.45) is 0. The molecule has 1 aromatic rings. The summed E-state index contributed by atoms with van der Waals surface area (Å²) in [5.41, 5.74) is 1.75. The van der Waals surface area contributed by atoms with Crippen molar-refractivity contribution in [1.29, 1.82) is 0 Å². The summed E-state index contributed by atoms with van der Waals surface area (Å²) in [7, 11) is 0. The summed E-state index contributed by atoms with van der Waals surface area (Å²) >= 11 is 0. The minimum Gasteiger partial charge on any atom is -0.326 e. The third kappa shape index (κ3) is 2.85. The lowest BCUT2D eigenvalue weighted by Gasteiger charge is -2.24. The summed E-state index contributed by atoms with van der Waals surface area (Å²) < 4.78 is 0. The van der Waals surface area contributed by atoms with Crippen molar-refractivity contribution in [3.8, 4) is 0 Å². The number of carbonyl (C=O) groups is 1. The van der Waals surface area contributed by atoms with Crippen molar-refractivity contribution in [2.75, 3.05) is 5.32 Å². The second-order valence-corrected chi connectivity index (χ2v) is 5.32. The van der Waals surface area contributed by atoms with E-state index in [0.29, 0.717) is 11.3 Å². The van der Waals surface area contributed by atoms with Crippen LogP contribution in [0.3, 0.4) is 0 Å². The van der Waals surface area contributed by atoms with Crippen molar-refractivity contribution in [3.63, 3.8) is 0 Å². The Morgan fingerprint density at radius 2 is 1.89 bits per heavy atom. The van der Waals surface area contributed by atoms with Crippen molar-refractivity contribution >= 4 is 17.3 Å². The van der Waals surface area contributed by atoms with Crippen molar-refractivity contribution in [1.82, 2.24) is 0 Å². The van der Waals surface area contributed by atoms with Crippen LogP contribution in [-0.2, 0) is 10.2 Å². The maximum absolute atomic E-state index is 11.2. The molecule has 0 unspecified atom stereocenters. The Balaban J connectivity index is 3.51. The van der Waals surface area contributed by atoms with Crippen LogP contribution in [0.25, 0.3) is 0 Å². The summed E-state index contributed by atoms with van der Waals surface area (Å²) in [5, 5.41) is 13.6. The summed E-state index contributed by atoms with van der Waals surface area (Å²) in [6.45, 7) is 9.04. The molecule has 0 aliphatic rings. The molecule has 0 heterocycles. The van der Waals surface area contributed by atoms with Gasteiger partial charge in [-0.2, -0.15) is 0 Å². The Morgan fingerprint density at radius 1 is 1.33 bits per heavy atom. The molecule has 18 heavy (non-hydrogen) atoms. The number of nitrogens with one attached hydrogen (secondary N) is 1. The van der Waals surface area contributed by atoms with Gasteiger partial charge >= 0.3 is 0 Å². The van der Waals surface area contributed by atoms with Crippen molar-refractivity contribution in [2.24, 2.45) is 0 Å². The van der Waals surface area contributed by atoms with E-state index in [1.165, 1.54) is 13.0 Å². The highest BCUT2D eigenvalue weighted by atomic mass is 16.6. The normalized spacial score (nSPS) is 11.2. The predicted molar refractivity (Wildman–Crippen MR) is 70.8 cm³/mol. The lowest BCUT2D eigenvalue weighted by molar-refractivity contribution is -0.385. The van der Waals surface area contributed by atoms with Crippen LogP contribution in [0.15, 0.2) is 12.1 Å². The molecule has 0 saturated heterocycles. The molecule has 5 nitrogen and oxygen atoms in total. The van der Waals surface area contributed by atoms with E-state index >= 15 is 0 Å². The summed E-state index contributed by atoms with van der Waals surface area (Å²) in [4.78, 5) is 21.7. The van der Waals surface area contributed by atoms with Gasteiger partial charge < -0.3 is 5.32 Å². The lowest BCUT2D eigenvalue weighted by atomic mass is 9.84. The Bertz CT molecular complexity index is 502. The molecule has 0 saturated carbocycles. The van der Waals surface area contributed by atoms with Crippen molar-refractivity contribution in [3.05, 3.63) is 33.4 Å². The van der Waals surface area contributed by atoms with E-state index < -0.39 is 4.92 Å². The molecule has 1 aromatic carbocycles. The molecule has 0 atom stereocenters. The first-order chi connectivity index (χ1) is 8.14. The van der Waals surface area contributed by atoms with Gasteiger partial charge in [-0.05, 0) is 24.0 Å². The van der Waals surface area contributed by atoms with E-state index in [9.17, 15) is 14.9 Å². The van der Waals surface area contributed by atoms with Gasteiger partial charge in [0.15, 0.2) is 0 Å². The molecule has 5 heteroatoms. The molecule has 0 aliphatic heterocycles. The van der Waals surface area contributed by atoms with Crippen LogP contribution >= 0.6 is 0 Å². The number of hydrogen-bond donors (Lipinski definition) is 1. The van der Waals surface area contributed by atoms with Crippen LogP contribution < -0.4 is 5.32 Å². The smallest absolute Gasteiger partial charge is 0.274 e. The van der Waals surface area contributed by atoms with Crippen LogP contribution in [-0.4, -0.2) is 10.8 Å². The largest absolute Gasteiger partial charge is 0.326 e. The Morgan fingerprint density at radius 3 is 2.28 bits per heavy atom. The van der Waals surface area contributed by atoms with Crippen molar-refractivity contribution in [2.45, 2.75) is 40.0 Å². The van der Waals surface area contributed by atoms with Gasteiger partial charge in [-0.3, -0.25) is 14.9 Å². The van der Waals surface area contributed by atoms with Gasteiger partial charge in [0.25, 0.3) is 5.69 Å². The first kappa shape index (κ1) is 14.2. The van der Waals surface area contributed by atoms with E-state index in [4.69, 9.17) is 0 Å². The molecule has 1 rings (SSSR count). The van der Waals surface area contributed by atoms with Crippen LogP contribution in [0.5, 0.6) is 0 Å². The number of rotatable bonds is 2. The van der Waals surface area contributed by atoms with Gasteiger partial charge in [0.05, 0.1) is 16.2 Å². The molecule has 1 N–H and O–H groups in total. The summed E-state index contributed by atoms with van der Waals surface area (Å²) in [6, 6.07) is 3.19. The Kier molecular flexibility index (Phi) is 3.74. The minimum absolute atomic E-state index is 0.0201. The van der Waals surface area contributed by atoms with Gasteiger partial charge in [-0.25, -0.2) is 0 Å². The predicted octanol–water partition coefficient (Wildman–Crippen LogP) is 3.16. The zero-order valence-electron chi connectivity index (χ0n) is 11.3. The number of carbonyl (C=O) groups excluding carboxylic acids is 1. The Hall–Kier alpha value is -1.91. The van der Waals surface area contributed by atoms with Gasteiger partial charge in [0.1, 0.15) is 0 Å². The van der Waals surface area contributed by atoms with Crippen LogP contribution in [0.4, 0.5) is 11.4 Å². The fraction of sp³-hybridized carbons (Fsp3) is 0.462. The number of nitro benzene ring substituents is 1. The Labute approximate surface area is 106 Å². The van der Waals surface area contributed by atoms with Crippen LogP contribution in [0.1, 0.15) is 38.8 Å². The van der Waals surface area contributed by atoms with Gasteiger partial charge in [0.2, 0.25) is 5.91 Å². The van der Waals surface area contributed by atoms with Crippen LogP contribution in [0, 0.1) is 17.0 Å². The van der Waals surface area contributed by atoms with E-state index in [0.717, 1.165) is 5.56 Å². The first-order valence-electron chi connectivity index (χ1n) is 5.70. The van der Waals surface area contributed by atoms with Gasteiger partial charge in [-0.1, -0.05) is 20.8 Å². The van der Waals surface area contributed by atoms with Gasteiger partial charge in [-0.15, -0.1) is 0 Å². The first-order valence-corrected chi connectivity index (χ1v) is 5.70. The molecule has 0 fully saturated rings. The number of anilines is 1. The second kappa shape index (κ2) is 4.76. The van der Waals surface area contributed by atoms with Crippen LogP contribution in [0.2, 0.25) is 0 Å². The molecule has 0 radical (unpaired) electrons. The molecule has 0 aliphatic carbocycles. The zero-order valence-corrected chi connectivity index (χ0v) is 11.3. The third-order valence-electron chi connectivity index (χ3n) is 2.74. The maximum atomic E-state index is 11.2. The van der Waals surface area contributed by atoms with E-state index in [2.05, 4.69) is 5.32 Å². The molecule has 98 valence electrons. The van der Waals surface area contributed by atoms with Gasteiger partial charge in [0, 0.05) is 13.0 Å². The number of amides is 1. The molecule has 0 spiro atoms. The second-order valence-electron chi connectivity index (χ2n) is 5.32. The van der Waals surface area contributed by atoms with E-state index in [1.807, 2.05) is 20.8 Å².